The molecule has 0 spiro atoms. The summed E-state index contributed by atoms with van der Waals surface area (Å²) >= 11 is 7.79. The number of piperidine rings is 1. The van der Waals surface area contributed by atoms with Gasteiger partial charge in [0.15, 0.2) is 0 Å². The molecular formula is C18H26ClNO2S. The Morgan fingerprint density at radius 1 is 1.30 bits per heavy atom. The number of thioether (sulfide) groups is 1. The third kappa shape index (κ3) is 5.61. The lowest BCUT2D eigenvalue weighted by Crippen LogP contribution is -2.50. The normalized spacial score (nSPS) is 22.0. The second kappa shape index (κ2) is 7.80. The summed E-state index contributed by atoms with van der Waals surface area (Å²) in [5, 5.41) is 1.23. The maximum Gasteiger partial charge on any atom is 0.410 e. The maximum absolute atomic E-state index is 12.6. The van der Waals surface area contributed by atoms with E-state index >= 15 is 0 Å². The molecule has 0 aliphatic carbocycles. The van der Waals surface area contributed by atoms with Crippen molar-refractivity contribution >= 4 is 29.5 Å². The molecule has 0 aromatic heterocycles. The number of benzene rings is 1. The first kappa shape index (κ1) is 18.5. The van der Waals surface area contributed by atoms with Crippen molar-refractivity contribution in [1.29, 1.82) is 0 Å². The molecule has 128 valence electrons. The fraction of sp³-hybridized carbons (Fsp3) is 0.611. The van der Waals surface area contributed by atoms with Crippen molar-refractivity contribution in [2.75, 3.05) is 12.8 Å². The van der Waals surface area contributed by atoms with Crippen molar-refractivity contribution in [2.24, 2.45) is 0 Å². The highest BCUT2D eigenvalue weighted by Crippen LogP contribution is 2.28. The number of carbonyl (C=O) groups is 1. The molecule has 1 heterocycles. The van der Waals surface area contributed by atoms with Crippen LogP contribution >= 0.6 is 23.4 Å². The molecule has 2 rings (SSSR count). The number of carbonyl (C=O) groups excluding carboxylic acids is 1. The number of likely N-dealkylation sites (tertiary alicyclic amines) is 1. The Hall–Kier alpha value is -0.870. The number of amides is 1. The molecule has 1 fully saturated rings. The van der Waals surface area contributed by atoms with Gasteiger partial charge in [-0.15, -0.1) is 0 Å². The van der Waals surface area contributed by atoms with Crippen LogP contribution in [0, 0.1) is 0 Å². The summed E-state index contributed by atoms with van der Waals surface area (Å²) in [6, 6.07) is 8.08. The van der Waals surface area contributed by atoms with Crippen LogP contribution in [0.4, 0.5) is 4.79 Å². The monoisotopic (exact) mass is 355 g/mol. The Morgan fingerprint density at radius 3 is 2.52 bits per heavy atom. The number of ether oxygens (including phenoxy) is 1. The summed E-state index contributed by atoms with van der Waals surface area (Å²) in [4.78, 5) is 14.5. The Balaban J connectivity index is 2.11. The van der Waals surface area contributed by atoms with Crippen LogP contribution in [-0.2, 0) is 11.2 Å². The average Bonchev–Trinajstić information content (AvgIpc) is 2.48. The van der Waals surface area contributed by atoms with Gasteiger partial charge in [-0.05, 0) is 64.0 Å². The predicted octanol–water partition coefficient (Wildman–Crippen LogP) is 5.01. The zero-order chi connectivity index (χ0) is 17.0. The second-order valence-corrected chi connectivity index (χ2v) is 8.63. The molecule has 0 radical (unpaired) electrons. The molecule has 2 unspecified atom stereocenters. The lowest BCUT2D eigenvalue weighted by molar-refractivity contribution is 0.0106. The van der Waals surface area contributed by atoms with Crippen molar-refractivity contribution in [1.82, 2.24) is 4.90 Å². The molecule has 3 nitrogen and oxygen atoms in total. The number of rotatable bonds is 3. The molecule has 1 amide bonds. The van der Waals surface area contributed by atoms with E-state index in [-0.39, 0.29) is 12.1 Å². The van der Waals surface area contributed by atoms with Crippen molar-refractivity contribution in [3.05, 3.63) is 34.9 Å². The van der Waals surface area contributed by atoms with E-state index < -0.39 is 5.60 Å². The van der Waals surface area contributed by atoms with Gasteiger partial charge >= 0.3 is 6.09 Å². The fourth-order valence-electron chi connectivity index (χ4n) is 2.84. The van der Waals surface area contributed by atoms with Gasteiger partial charge in [0.1, 0.15) is 5.60 Å². The molecule has 0 saturated carbocycles. The van der Waals surface area contributed by atoms with Crippen LogP contribution in [-0.4, -0.2) is 40.7 Å². The fourth-order valence-corrected chi connectivity index (χ4v) is 3.64. The van der Waals surface area contributed by atoms with Crippen molar-refractivity contribution < 1.29 is 9.53 Å². The number of halogens is 1. The minimum atomic E-state index is -0.464. The third-order valence-corrected chi connectivity index (χ3v) is 5.31. The van der Waals surface area contributed by atoms with Crippen molar-refractivity contribution in [2.45, 2.75) is 56.9 Å². The summed E-state index contributed by atoms with van der Waals surface area (Å²) < 4.78 is 5.61. The first-order valence-corrected chi connectivity index (χ1v) is 9.72. The number of hydrogen-bond donors (Lipinski definition) is 0. The Morgan fingerprint density at radius 2 is 1.96 bits per heavy atom. The second-order valence-electron chi connectivity index (χ2n) is 7.05. The van der Waals surface area contributed by atoms with E-state index in [1.165, 1.54) is 5.56 Å². The molecule has 0 bridgehead atoms. The van der Waals surface area contributed by atoms with E-state index in [4.69, 9.17) is 16.3 Å². The van der Waals surface area contributed by atoms with Gasteiger partial charge in [0, 0.05) is 22.9 Å². The van der Waals surface area contributed by atoms with Gasteiger partial charge in [-0.25, -0.2) is 4.79 Å². The lowest BCUT2D eigenvalue weighted by Gasteiger charge is -2.40. The van der Waals surface area contributed by atoms with Gasteiger partial charge in [0.2, 0.25) is 0 Å². The van der Waals surface area contributed by atoms with Crippen molar-refractivity contribution in [3.63, 3.8) is 0 Å². The van der Waals surface area contributed by atoms with Crippen LogP contribution in [0.1, 0.15) is 39.2 Å². The summed E-state index contributed by atoms with van der Waals surface area (Å²) in [7, 11) is 0. The first-order valence-electron chi connectivity index (χ1n) is 8.05. The average molecular weight is 356 g/mol. The molecule has 0 N–H and O–H groups in total. The van der Waals surface area contributed by atoms with Gasteiger partial charge < -0.3 is 9.64 Å². The molecule has 2 atom stereocenters. The van der Waals surface area contributed by atoms with Crippen LogP contribution < -0.4 is 0 Å². The molecule has 1 aromatic carbocycles. The van der Waals surface area contributed by atoms with Crippen molar-refractivity contribution in [3.8, 4) is 0 Å². The molecule has 1 saturated heterocycles. The summed E-state index contributed by atoms with van der Waals surface area (Å²) in [6.07, 6.45) is 4.90. The Labute approximate surface area is 148 Å². The standard InChI is InChI=1S/C18H26ClNO2S/c1-18(2,3)22-17(21)20-12-16(23-4)10-9-15(20)11-13-5-7-14(19)8-6-13/h5-8,15-16H,9-12H2,1-4H3. The number of hydrogen-bond acceptors (Lipinski definition) is 3. The summed E-state index contributed by atoms with van der Waals surface area (Å²) in [6.45, 7) is 6.49. The van der Waals surface area contributed by atoms with Gasteiger partial charge in [-0.3, -0.25) is 0 Å². The minimum Gasteiger partial charge on any atom is -0.444 e. The van der Waals surface area contributed by atoms with Crippen LogP contribution in [0.2, 0.25) is 5.02 Å². The van der Waals surface area contributed by atoms with E-state index in [0.29, 0.717) is 5.25 Å². The maximum atomic E-state index is 12.6. The third-order valence-electron chi connectivity index (χ3n) is 4.01. The number of nitrogens with zero attached hydrogens (tertiary/aromatic N) is 1. The predicted molar refractivity (Wildman–Crippen MR) is 98.4 cm³/mol. The van der Waals surface area contributed by atoms with Gasteiger partial charge in [0.05, 0.1) is 0 Å². The van der Waals surface area contributed by atoms with Crippen LogP contribution in [0.25, 0.3) is 0 Å². The Bertz CT molecular complexity index is 527. The molecule has 1 aromatic rings. The van der Waals surface area contributed by atoms with E-state index in [0.717, 1.165) is 30.8 Å². The zero-order valence-corrected chi connectivity index (χ0v) is 15.9. The largest absolute Gasteiger partial charge is 0.444 e. The smallest absolute Gasteiger partial charge is 0.410 e. The van der Waals surface area contributed by atoms with Gasteiger partial charge in [0.25, 0.3) is 0 Å². The quantitative estimate of drug-likeness (QED) is 0.762. The molecule has 5 heteroatoms. The Kier molecular flexibility index (Phi) is 6.26. The molecule has 23 heavy (non-hydrogen) atoms. The molecular weight excluding hydrogens is 330 g/mol. The zero-order valence-electron chi connectivity index (χ0n) is 14.3. The SMILES string of the molecule is CSC1CCC(Cc2ccc(Cl)cc2)N(C(=O)OC(C)(C)C)C1. The summed E-state index contributed by atoms with van der Waals surface area (Å²) in [5.74, 6) is 0. The van der Waals surface area contributed by atoms with Gasteiger partial charge in [-0.1, -0.05) is 23.7 Å². The summed E-state index contributed by atoms with van der Waals surface area (Å²) in [5.41, 5.74) is 0.740. The van der Waals surface area contributed by atoms with Gasteiger partial charge in [-0.2, -0.15) is 11.8 Å². The topological polar surface area (TPSA) is 29.5 Å². The highest BCUT2D eigenvalue weighted by molar-refractivity contribution is 7.99. The minimum absolute atomic E-state index is 0.189. The first-order chi connectivity index (χ1) is 10.8. The highest BCUT2D eigenvalue weighted by Gasteiger charge is 2.34. The highest BCUT2D eigenvalue weighted by atomic mass is 35.5. The van der Waals surface area contributed by atoms with E-state index in [9.17, 15) is 4.79 Å². The van der Waals surface area contributed by atoms with E-state index in [1.807, 2.05) is 61.7 Å². The van der Waals surface area contributed by atoms with Crippen LogP contribution in [0.15, 0.2) is 24.3 Å². The van der Waals surface area contributed by atoms with Crippen LogP contribution in [0.5, 0.6) is 0 Å². The lowest BCUT2D eigenvalue weighted by atomic mass is 9.96. The van der Waals surface area contributed by atoms with E-state index in [1.54, 1.807) is 0 Å². The van der Waals surface area contributed by atoms with Crippen LogP contribution in [0.3, 0.4) is 0 Å². The molecule has 1 aliphatic heterocycles. The molecule has 1 aliphatic rings. The van der Waals surface area contributed by atoms with E-state index in [2.05, 4.69) is 6.26 Å².